The smallest absolute Gasteiger partial charge is 0.119 e. The molecule has 0 aromatic heterocycles. The lowest BCUT2D eigenvalue weighted by molar-refractivity contribution is 0.0543. The van der Waals surface area contributed by atoms with Crippen molar-refractivity contribution in [3.63, 3.8) is 0 Å². The van der Waals surface area contributed by atoms with Gasteiger partial charge in [0.1, 0.15) is 18.5 Å². The highest BCUT2D eigenvalue weighted by Crippen LogP contribution is 2.14. The molecule has 2 aromatic rings. The summed E-state index contributed by atoms with van der Waals surface area (Å²) in [5.41, 5.74) is 7.59. The van der Waals surface area contributed by atoms with Crippen LogP contribution in [0.25, 0.3) is 0 Å². The largest absolute Gasteiger partial charge is 0.491 e. The van der Waals surface area contributed by atoms with Crippen LogP contribution in [0.3, 0.4) is 0 Å². The van der Waals surface area contributed by atoms with Crippen molar-refractivity contribution >= 4 is 5.69 Å². The second kappa shape index (κ2) is 8.56. The van der Waals surface area contributed by atoms with Gasteiger partial charge in [-0.05, 0) is 43.7 Å². The van der Waals surface area contributed by atoms with Gasteiger partial charge in [0.25, 0.3) is 0 Å². The molecule has 1 atom stereocenters. The van der Waals surface area contributed by atoms with Gasteiger partial charge in [-0.3, -0.25) is 4.90 Å². The SMILES string of the molecule is CC(C)N(Cc1ccccc1)C[C@H](O)COc1ccc(N)cc1. The quantitative estimate of drug-likeness (QED) is 0.736. The van der Waals surface area contributed by atoms with Crippen molar-refractivity contribution in [3.8, 4) is 5.75 Å². The first kappa shape index (κ1) is 17.3. The van der Waals surface area contributed by atoms with E-state index in [9.17, 15) is 5.11 Å². The van der Waals surface area contributed by atoms with E-state index in [1.807, 2.05) is 30.3 Å². The molecule has 0 aliphatic carbocycles. The van der Waals surface area contributed by atoms with Crippen molar-refractivity contribution < 1.29 is 9.84 Å². The van der Waals surface area contributed by atoms with Gasteiger partial charge < -0.3 is 15.6 Å². The zero-order valence-electron chi connectivity index (χ0n) is 13.9. The van der Waals surface area contributed by atoms with Gasteiger partial charge in [0, 0.05) is 24.8 Å². The highest BCUT2D eigenvalue weighted by Gasteiger charge is 2.15. The van der Waals surface area contributed by atoms with Gasteiger partial charge in [0.2, 0.25) is 0 Å². The van der Waals surface area contributed by atoms with Crippen LogP contribution >= 0.6 is 0 Å². The summed E-state index contributed by atoms with van der Waals surface area (Å²) < 4.78 is 5.62. The molecule has 2 rings (SSSR count). The maximum Gasteiger partial charge on any atom is 0.119 e. The molecule has 0 amide bonds. The number of ether oxygens (including phenoxy) is 1. The Morgan fingerprint density at radius 2 is 1.70 bits per heavy atom. The number of benzene rings is 2. The van der Waals surface area contributed by atoms with Crippen molar-refractivity contribution in [2.75, 3.05) is 18.9 Å². The molecule has 0 fully saturated rings. The number of aliphatic hydroxyl groups excluding tert-OH is 1. The van der Waals surface area contributed by atoms with Gasteiger partial charge in [0.05, 0.1) is 0 Å². The molecule has 0 spiro atoms. The first-order valence-corrected chi connectivity index (χ1v) is 7.99. The zero-order valence-corrected chi connectivity index (χ0v) is 13.9. The van der Waals surface area contributed by atoms with Crippen LogP contribution in [0.2, 0.25) is 0 Å². The van der Waals surface area contributed by atoms with E-state index >= 15 is 0 Å². The number of nitrogens with two attached hydrogens (primary N) is 1. The number of nitrogens with zero attached hydrogens (tertiary/aromatic N) is 1. The van der Waals surface area contributed by atoms with E-state index in [2.05, 4.69) is 30.9 Å². The van der Waals surface area contributed by atoms with Crippen LogP contribution in [0, 0.1) is 0 Å². The van der Waals surface area contributed by atoms with Crippen LogP contribution in [0.1, 0.15) is 19.4 Å². The van der Waals surface area contributed by atoms with Gasteiger partial charge in [-0.2, -0.15) is 0 Å². The Balaban J connectivity index is 1.85. The van der Waals surface area contributed by atoms with Crippen LogP contribution in [-0.2, 0) is 6.54 Å². The molecule has 0 saturated heterocycles. The van der Waals surface area contributed by atoms with E-state index in [-0.39, 0.29) is 6.61 Å². The minimum Gasteiger partial charge on any atom is -0.491 e. The van der Waals surface area contributed by atoms with E-state index in [0.29, 0.717) is 18.3 Å². The molecule has 0 saturated carbocycles. The molecule has 4 nitrogen and oxygen atoms in total. The Labute approximate surface area is 138 Å². The molecular weight excluding hydrogens is 288 g/mol. The lowest BCUT2D eigenvalue weighted by atomic mass is 10.1. The molecule has 23 heavy (non-hydrogen) atoms. The lowest BCUT2D eigenvalue weighted by Gasteiger charge is -2.28. The molecule has 0 heterocycles. The molecule has 2 aromatic carbocycles. The number of anilines is 1. The summed E-state index contributed by atoms with van der Waals surface area (Å²) in [6, 6.07) is 17.8. The highest BCUT2D eigenvalue weighted by atomic mass is 16.5. The fraction of sp³-hybridized carbons (Fsp3) is 0.368. The van der Waals surface area contributed by atoms with Gasteiger partial charge in [0.15, 0.2) is 0 Å². The van der Waals surface area contributed by atoms with Gasteiger partial charge in [-0.1, -0.05) is 30.3 Å². The highest BCUT2D eigenvalue weighted by molar-refractivity contribution is 5.41. The summed E-state index contributed by atoms with van der Waals surface area (Å²) >= 11 is 0. The van der Waals surface area contributed by atoms with Gasteiger partial charge in [-0.15, -0.1) is 0 Å². The second-order valence-corrected chi connectivity index (χ2v) is 6.04. The Morgan fingerprint density at radius 3 is 2.30 bits per heavy atom. The molecule has 3 N–H and O–H groups in total. The molecular formula is C19H26N2O2. The van der Waals surface area contributed by atoms with Crippen molar-refractivity contribution in [1.82, 2.24) is 4.90 Å². The topological polar surface area (TPSA) is 58.7 Å². The Morgan fingerprint density at radius 1 is 1.04 bits per heavy atom. The molecule has 0 unspecified atom stereocenters. The maximum absolute atomic E-state index is 10.3. The van der Waals surface area contributed by atoms with Crippen molar-refractivity contribution in [2.24, 2.45) is 0 Å². The van der Waals surface area contributed by atoms with E-state index in [1.165, 1.54) is 5.56 Å². The molecule has 0 aliphatic rings. The fourth-order valence-electron chi connectivity index (χ4n) is 2.36. The Hall–Kier alpha value is -2.04. The zero-order chi connectivity index (χ0) is 16.7. The van der Waals surface area contributed by atoms with Gasteiger partial charge in [-0.25, -0.2) is 0 Å². The van der Waals surface area contributed by atoms with Crippen molar-refractivity contribution in [2.45, 2.75) is 32.5 Å². The monoisotopic (exact) mass is 314 g/mol. The van der Waals surface area contributed by atoms with Crippen LogP contribution < -0.4 is 10.5 Å². The molecule has 0 bridgehead atoms. The van der Waals surface area contributed by atoms with E-state index < -0.39 is 6.10 Å². The standard InChI is InChI=1S/C19H26N2O2/c1-15(2)21(12-16-6-4-3-5-7-16)13-18(22)14-23-19-10-8-17(20)9-11-19/h3-11,15,18,22H,12-14,20H2,1-2H3/t18-/m0/s1. The predicted octanol–water partition coefficient (Wildman–Crippen LogP) is 2.92. The second-order valence-electron chi connectivity index (χ2n) is 6.04. The molecule has 0 radical (unpaired) electrons. The third-order valence-corrected chi connectivity index (χ3v) is 3.73. The third kappa shape index (κ3) is 5.93. The average Bonchev–Trinajstić information content (AvgIpc) is 2.54. The number of hydrogen-bond donors (Lipinski definition) is 2. The van der Waals surface area contributed by atoms with Crippen LogP contribution in [0.5, 0.6) is 5.75 Å². The predicted molar refractivity (Wildman–Crippen MR) is 94.3 cm³/mol. The van der Waals surface area contributed by atoms with Gasteiger partial charge >= 0.3 is 0 Å². The summed E-state index contributed by atoms with van der Waals surface area (Å²) in [6.07, 6.45) is -0.543. The summed E-state index contributed by atoms with van der Waals surface area (Å²) in [7, 11) is 0. The lowest BCUT2D eigenvalue weighted by Crippen LogP contribution is -2.39. The van der Waals surface area contributed by atoms with E-state index in [4.69, 9.17) is 10.5 Å². The Kier molecular flexibility index (Phi) is 6.44. The van der Waals surface area contributed by atoms with Crippen LogP contribution in [0.4, 0.5) is 5.69 Å². The first-order chi connectivity index (χ1) is 11.0. The van der Waals surface area contributed by atoms with Crippen LogP contribution in [-0.4, -0.2) is 35.3 Å². The summed E-state index contributed by atoms with van der Waals surface area (Å²) in [6.45, 7) is 5.92. The number of hydrogen-bond acceptors (Lipinski definition) is 4. The third-order valence-electron chi connectivity index (χ3n) is 3.73. The summed E-state index contributed by atoms with van der Waals surface area (Å²) in [5, 5.41) is 10.3. The van der Waals surface area contributed by atoms with E-state index in [0.717, 1.165) is 12.3 Å². The van der Waals surface area contributed by atoms with E-state index in [1.54, 1.807) is 12.1 Å². The van der Waals surface area contributed by atoms with Crippen molar-refractivity contribution in [3.05, 3.63) is 60.2 Å². The minimum absolute atomic E-state index is 0.266. The molecule has 0 aliphatic heterocycles. The number of aliphatic hydroxyl groups is 1. The summed E-state index contributed by atoms with van der Waals surface area (Å²) in [4.78, 5) is 2.24. The van der Waals surface area contributed by atoms with Crippen molar-refractivity contribution in [1.29, 1.82) is 0 Å². The Bertz CT molecular complexity index is 570. The molecule has 124 valence electrons. The average molecular weight is 314 g/mol. The fourth-order valence-corrected chi connectivity index (χ4v) is 2.36. The minimum atomic E-state index is -0.543. The first-order valence-electron chi connectivity index (χ1n) is 7.99. The van der Waals surface area contributed by atoms with Crippen LogP contribution in [0.15, 0.2) is 54.6 Å². The summed E-state index contributed by atoms with van der Waals surface area (Å²) in [5.74, 6) is 0.720. The normalized spacial score (nSPS) is 12.6. The number of rotatable bonds is 8. The number of nitrogen functional groups attached to an aromatic ring is 1. The molecule has 4 heteroatoms. The maximum atomic E-state index is 10.3.